The minimum Gasteiger partial charge on any atom is -0.463 e. The SMILES string of the molecule is O=C(NCc1ccnc(-c2ccco2)c1)c1ccc(-c2cccs2)cc1. The van der Waals surface area contributed by atoms with Crippen molar-refractivity contribution in [3.8, 4) is 21.9 Å². The van der Waals surface area contributed by atoms with Crippen molar-refractivity contribution in [2.45, 2.75) is 6.54 Å². The fourth-order valence-electron chi connectivity index (χ4n) is 2.66. The summed E-state index contributed by atoms with van der Waals surface area (Å²) in [7, 11) is 0. The Morgan fingerprint density at radius 2 is 1.96 bits per heavy atom. The molecule has 1 amide bonds. The molecular formula is C21H16N2O2S. The van der Waals surface area contributed by atoms with Crippen LogP contribution >= 0.6 is 11.3 Å². The van der Waals surface area contributed by atoms with Gasteiger partial charge >= 0.3 is 0 Å². The van der Waals surface area contributed by atoms with Crippen molar-refractivity contribution >= 4 is 17.2 Å². The molecule has 5 heteroatoms. The minimum atomic E-state index is -0.0981. The number of pyridine rings is 1. The molecule has 3 aromatic heterocycles. The average Bonchev–Trinajstić information content (AvgIpc) is 3.40. The number of thiophene rings is 1. The van der Waals surface area contributed by atoms with Crippen LogP contribution in [0, 0.1) is 0 Å². The quantitative estimate of drug-likeness (QED) is 0.545. The number of rotatable bonds is 5. The van der Waals surface area contributed by atoms with E-state index in [1.807, 2.05) is 60.0 Å². The van der Waals surface area contributed by atoms with Crippen LogP contribution in [0.25, 0.3) is 21.9 Å². The first-order chi connectivity index (χ1) is 12.8. The van der Waals surface area contributed by atoms with Crippen LogP contribution in [0.1, 0.15) is 15.9 Å². The molecule has 0 saturated carbocycles. The van der Waals surface area contributed by atoms with Crippen molar-refractivity contribution in [2.24, 2.45) is 0 Å². The fraction of sp³-hybridized carbons (Fsp3) is 0.0476. The highest BCUT2D eigenvalue weighted by Crippen LogP contribution is 2.24. The van der Waals surface area contributed by atoms with Gasteiger partial charge in [-0.3, -0.25) is 9.78 Å². The number of hydrogen-bond donors (Lipinski definition) is 1. The first-order valence-electron chi connectivity index (χ1n) is 8.20. The Bertz CT molecular complexity index is 991. The van der Waals surface area contributed by atoms with Gasteiger partial charge in [0.2, 0.25) is 0 Å². The van der Waals surface area contributed by atoms with Gasteiger partial charge in [-0.15, -0.1) is 11.3 Å². The lowest BCUT2D eigenvalue weighted by Crippen LogP contribution is -2.22. The summed E-state index contributed by atoms with van der Waals surface area (Å²) in [6.07, 6.45) is 3.33. The van der Waals surface area contributed by atoms with E-state index in [1.54, 1.807) is 23.8 Å². The molecule has 0 radical (unpaired) electrons. The number of furan rings is 1. The number of aromatic nitrogens is 1. The van der Waals surface area contributed by atoms with Crippen molar-refractivity contribution in [2.75, 3.05) is 0 Å². The Morgan fingerprint density at radius 3 is 2.69 bits per heavy atom. The molecule has 0 atom stereocenters. The lowest BCUT2D eigenvalue weighted by Gasteiger charge is -2.07. The number of nitrogens with zero attached hydrogens (tertiary/aromatic N) is 1. The zero-order chi connectivity index (χ0) is 17.8. The molecule has 0 spiro atoms. The van der Waals surface area contributed by atoms with Crippen molar-refractivity contribution < 1.29 is 9.21 Å². The van der Waals surface area contributed by atoms with E-state index >= 15 is 0 Å². The monoisotopic (exact) mass is 360 g/mol. The van der Waals surface area contributed by atoms with Gasteiger partial charge in [-0.2, -0.15) is 0 Å². The van der Waals surface area contributed by atoms with Gasteiger partial charge in [0, 0.05) is 23.2 Å². The number of nitrogens with one attached hydrogen (secondary N) is 1. The minimum absolute atomic E-state index is 0.0981. The van der Waals surface area contributed by atoms with E-state index in [0.717, 1.165) is 16.8 Å². The first-order valence-corrected chi connectivity index (χ1v) is 9.08. The van der Waals surface area contributed by atoms with Crippen LogP contribution in [0.4, 0.5) is 0 Å². The predicted octanol–water partition coefficient (Wildman–Crippen LogP) is 5.00. The summed E-state index contributed by atoms with van der Waals surface area (Å²) >= 11 is 1.68. The summed E-state index contributed by atoms with van der Waals surface area (Å²) < 4.78 is 5.36. The second-order valence-electron chi connectivity index (χ2n) is 5.76. The maximum Gasteiger partial charge on any atom is 0.251 e. The number of carbonyl (C=O) groups excluding carboxylic acids is 1. The van der Waals surface area contributed by atoms with Crippen LogP contribution in [0.15, 0.2) is 82.9 Å². The molecule has 4 nitrogen and oxygen atoms in total. The third-order valence-electron chi connectivity index (χ3n) is 4.00. The first kappa shape index (κ1) is 16.3. The van der Waals surface area contributed by atoms with E-state index in [-0.39, 0.29) is 5.91 Å². The topological polar surface area (TPSA) is 55.1 Å². The molecule has 1 aromatic carbocycles. The summed E-state index contributed by atoms with van der Waals surface area (Å²) in [5.74, 6) is 0.612. The Hall–Kier alpha value is -3.18. The maximum absolute atomic E-state index is 12.4. The molecule has 0 aliphatic heterocycles. The molecule has 4 aromatic rings. The number of hydrogen-bond acceptors (Lipinski definition) is 4. The highest BCUT2D eigenvalue weighted by Gasteiger charge is 2.08. The molecule has 0 aliphatic rings. The molecule has 4 rings (SSSR count). The zero-order valence-electron chi connectivity index (χ0n) is 13.9. The van der Waals surface area contributed by atoms with E-state index in [1.165, 1.54) is 4.88 Å². The highest BCUT2D eigenvalue weighted by molar-refractivity contribution is 7.13. The smallest absolute Gasteiger partial charge is 0.251 e. The summed E-state index contributed by atoms with van der Waals surface area (Å²) in [5, 5.41) is 4.99. The second kappa shape index (κ2) is 7.37. The summed E-state index contributed by atoms with van der Waals surface area (Å²) in [6, 6.07) is 19.2. The van der Waals surface area contributed by atoms with E-state index in [2.05, 4.69) is 16.4 Å². The van der Waals surface area contributed by atoms with Crippen LogP contribution in [-0.2, 0) is 6.54 Å². The zero-order valence-corrected chi connectivity index (χ0v) is 14.7. The van der Waals surface area contributed by atoms with Crippen molar-refractivity contribution in [1.29, 1.82) is 0 Å². The third-order valence-corrected chi connectivity index (χ3v) is 4.92. The number of benzene rings is 1. The lowest BCUT2D eigenvalue weighted by molar-refractivity contribution is 0.0951. The molecular weight excluding hydrogens is 344 g/mol. The van der Waals surface area contributed by atoms with Gasteiger partial charge in [-0.05, 0) is 59.0 Å². The molecule has 0 saturated heterocycles. The third kappa shape index (κ3) is 3.58. The fourth-order valence-corrected chi connectivity index (χ4v) is 3.39. The van der Waals surface area contributed by atoms with Crippen LogP contribution in [-0.4, -0.2) is 10.9 Å². The van der Waals surface area contributed by atoms with E-state index in [9.17, 15) is 4.79 Å². The molecule has 26 heavy (non-hydrogen) atoms. The van der Waals surface area contributed by atoms with Gasteiger partial charge < -0.3 is 9.73 Å². The van der Waals surface area contributed by atoms with Gasteiger partial charge in [0.15, 0.2) is 5.76 Å². The number of carbonyl (C=O) groups is 1. The molecule has 0 aliphatic carbocycles. The summed E-state index contributed by atoms with van der Waals surface area (Å²) in [5.41, 5.74) is 3.48. The Balaban J connectivity index is 1.42. The van der Waals surface area contributed by atoms with E-state index < -0.39 is 0 Å². The summed E-state index contributed by atoms with van der Waals surface area (Å²) in [4.78, 5) is 17.9. The van der Waals surface area contributed by atoms with Crippen molar-refractivity contribution in [3.05, 3.63) is 89.6 Å². The van der Waals surface area contributed by atoms with Crippen LogP contribution in [0.2, 0.25) is 0 Å². The van der Waals surface area contributed by atoms with Crippen LogP contribution in [0.3, 0.4) is 0 Å². The number of amides is 1. The molecule has 3 heterocycles. The maximum atomic E-state index is 12.4. The van der Waals surface area contributed by atoms with Crippen LogP contribution in [0.5, 0.6) is 0 Å². The average molecular weight is 360 g/mol. The Labute approximate surface area is 155 Å². The largest absolute Gasteiger partial charge is 0.463 e. The van der Waals surface area contributed by atoms with Crippen molar-refractivity contribution in [1.82, 2.24) is 10.3 Å². The van der Waals surface area contributed by atoms with Gasteiger partial charge in [0.25, 0.3) is 5.91 Å². The van der Waals surface area contributed by atoms with E-state index in [0.29, 0.717) is 17.9 Å². The Morgan fingerprint density at radius 1 is 1.08 bits per heavy atom. The normalized spacial score (nSPS) is 10.6. The predicted molar refractivity (Wildman–Crippen MR) is 103 cm³/mol. The van der Waals surface area contributed by atoms with Gasteiger partial charge in [-0.25, -0.2) is 0 Å². The molecule has 128 valence electrons. The Kier molecular flexibility index (Phi) is 4.62. The van der Waals surface area contributed by atoms with Crippen LogP contribution < -0.4 is 5.32 Å². The highest BCUT2D eigenvalue weighted by atomic mass is 32.1. The van der Waals surface area contributed by atoms with Gasteiger partial charge in [-0.1, -0.05) is 18.2 Å². The lowest BCUT2D eigenvalue weighted by atomic mass is 10.1. The standard InChI is InChI=1S/C21H16N2O2S/c24-21(17-7-5-16(6-8-17)20-4-2-12-26-20)23-14-15-9-10-22-18(13-15)19-3-1-11-25-19/h1-13H,14H2,(H,23,24). The van der Waals surface area contributed by atoms with E-state index in [4.69, 9.17) is 4.42 Å². The van der Waals surface area contributed by atoms with Gasteiger partial charge in [0.05, 0.1) is 6.26 Å². The molecule has 0 fully saturated rings. The summed E-state index contributed by atoms with van der Waals surface area (Å²) in [6.45, 7) is 0.432. The van der Waals surface area contributed by atoms with Gasteiger partial charge in [0.1, 0.15) is 5.69 Å². The molecule has 0 unspecified atom stereocenters. The van der Waals surface area contributed by atoms with Crippen molar-refractivity contribution in [3.63, 3.8) is 0 Å². The molecule has 1 N–H and O–H groups in total. The second-order valence-corrected chi connectivity index (χ2v) is 6.71. The molecule has 0 bridgehead atoms.